The fourth-order valence-corrected chi connectivity index (χ4v) is 2.14. The number of hydrogen-bond acceptors (Lipinski definition) is 3. The molecule has 1 saturated heterocycles. The smallest absolute Gasteiger partial charge is 0.236 e. The van der Waals surface area contributed by atoms with Crippen LogP contribution in [0.1, 0.15) is 33.1 Å². The molecule has 0 aromatic heterocycles. The Morgan fingerprint density at radius 2 is 2.06 bits per heavy atom. The molecule has 1 atom stereocenters. The molecular formula is C13H27N3O. The van der Waals surface area contributed by atoms with Gasteiger partial charge in [-0.05, 0) is 33.2 Å². The van der Waals surface area contributed by atoms with E-state index in [4.69, 9.17) is 0 Å². The predicted octanol–water partition coefficient (Wildman–Crippen LogP) is 0.927. The van der Waals surface area contributed by atoms with Gasteiger partial charge in [0, 0.05) is 32.7 Å². The average Bonchev–Trinajstić information content (AvgIpc) is 2.29. The van der Waals surface area contributed by atoms with E-state index >= 15 is 0 Å². The van der Waals surface area contributed by atoms with Crippen molar-refractivity contribution in [2.75, 3.05) is 33.7 Å². The van der Waals surface area contributed by atoms with E-state index in [1.165, 1.54) is 19.3 Å². The van der Waals surface area contributed by atoms with Gasteiger partial charge in [-0.15, -0.1) is 0 Å². The molecule has 1 fully saturated rings. The van der Waals surface area contributed by atoms with Crippen LogP contribution in [0.4, 0.5) is 0 Å². The Morgan fingerprint density at radius 3 is 2.53 bits per heavy atom. The van der Waals surface area contributed by atoms with Crippen molar-refractivity contribution in [1.82, 2.24) is 15.1 Å². The van der Waals surface area contributed by atoms with Crippen LogP contribution in [0, 0.1) is 0 Å². The summed E-state index contributed by atoms with van der Waals surface area (Å²) in [5.41, 5.74) is 0. The Kier molecular flexibility index (Phi) is 5.92. The van der Waals surface area contributed by atoms with Gasteiger partial charge in [0.2, 0.25) is 5.91 Å². The minimum Gasteiger partial charge on any atom is -0.348 e. The van der Waals surface area contributed by atoms with Crippen LogP contribution in [0.3, 0.4) is 0 Å². The van der Waals surface area contributed by atoms with E-state index in [-0.39, 0.29) is 5.91 Å². The molecule has 100 valence electrons. The predicted molar refractivity (Wildman–Crippen MR) is 71.0 cm³/mol. The van der Waals surface area contributed by atoms with Crippen LogP contribution in [0.15, 0.2) is 0 Å². The third kappa shape index (κ3) is 5.04. The molecule has 0 saturated carbocycles. The van der Waals surface area contributed by atoms with E-state index in [9.17, 15) is 4.79 Å². The number of nitrogens with one attached hydrogen (secondary N) is 1. The maximum absolute atomic E-state index is 11.8. The van der Waals surface area contributed by atoms with Crippen molar-refractivity contribution in [2.45, 2.75) is 45.2 Å². The van der Waals surface area contributed by atoms with Gasteiger partial charge in [0.15, 0.2) is 0 Å². The lowest BCUT2D eigenvalue weighted by Crippen LogP contribution is -2.48. The van der Waals surface area contributed by atoms with Crippen molar-refractivity contribution in [3.8, 4) is 0 Å². The molecule has 0 spiro atoms. The van der Waals surface area contributed by atoms with Gasteiger partial charge in [-0.1, -0.05) is 6.42 Å². The quantitative estimate of drug-likeness (QED) is 0.778. The summed E-state index contributed by atoms with van der Waals surface area (Å²) in [5.74, 6) is 0.189. The first-order chi connectivity index (χ1) is 8.00. The summed E-state index contributed by atoms with van der Waals surface area (Å²) in [6, 6.07) is 0.976. The third-order valence-corrected chi connectivity index (χ3v) is 3.43. The Balaban J connectivity index is 2.44. The zero-order chi connectivity index (χ0) is 12.8. The number of carbonyl (C=O) groups is 1. The van der Waals surface area contributed by atoms with E-state index in [0.29, 0.717) is 18.6 Å². The highest BCUT2D eigenvalue weighted by Gasteiger charge is 2.20. The van der Waals surface area contributed by atoms with E-state index in [1.807, 2.05) is 14.1 Å². The fourth-order valence-electron chi connectivity index (χ4n) is 2.14. The Bertz CT molecular complexity index is 235. The number of rotatable bonds is 5. The van der Waals surface area contributed by atoms with Crippen molar-refractivity contribution in [1.29, 1.82) is 0 Å². The van der Waals surface area contributed by atoms with Gasteiger partial charge in [-0.25, -0.2) is 0 Å². The van der Waals surface area contributed by atoms with Crippen molar-refractivity contribution in [3.63, 3.8) is 0 Å². The first-order valence-corrected chi connectivity index (χ1v) is 6.68. The van der Waals surface area contributed by atoms with Crippen LogP contribution in [0.5, 0.6) is 0 Å². The average molecular weight is 241 g/mol. The summed E-state index contributed by atoms with van der Waals surface area (Å²) in [4.78, 5) is 15.7. The summed E-state index contributed by atoms with van der Waals surface area (Å²) in [7, 11) is 3.64. The molecule has 1 amide bonds. The highest BCUT2D eigenvalue weighted by Crippen LogP contribution is 2.10. The minimum atomic E-state index is 0.189. The van der Waals surface area contributed by atoms with E-state index in [1.54, 1.807) is 4.90 Å². The van der Waals surface area contributed by atoms with Gasteiger partial charge in [-0.2, -0.15) is 0 Å². The van der Waals surface area contributed by atoms with Crippen molar-refractivity contribution >= 4 is 5.91 Å². The molecule has 1 unspecified atom stereocenters. The summed E-state index contributed by atoms with van der Waals surface area (Å²) in [6.45, 7) is 6.95. The topological polar surface area (TPSA) is 35.6 Å². The molecule has 1 N–H and O–H groups in total. The van der Waals surface area contributed by atoms with Crippen LogP contribution in [-0.4, -0.2) is 61.5 Å². The highest BCUT2D eigenvalue weighted by molar-refractivity contribution is 5.77. The SMILES string of the molecule is CC(C)N(CC(=O)N(C)C)CC1CCCCN1. The summed E-state index contributed by atoms with van der Waals surface area (Å²) in [6.07, 6.45) is 3.83. The van der Waals surface area contributed by atoms with Gasteiger partial charge < -0.3 is 10.2 Å². The first kappa shape index (κ1) is 14.5. The van der Waals surface area contributed by atoms with Gasteiger partial charge in [0.05, 0.1) is 6.54 Å². The monoisotopic (exact) mass is 241 g/mol. The van der Waals surface area contributed by atoms with E-state index in [2.05, 4.69) is 24.1 Å². The zero-order valence-electron chi connectivity index (χ0n) is 11.7. The third-order valence-electron chi connectivity index (χ3n) is 3.43. The van der Waals surface area contributed by atoms with Crippen LogP contribution in [0.2, 0.25) is 0 Å². The molecule has 1 rings (SSSR count). The van der Waals surface area contributed by atoms with Gasteiger partial charge in [0.1, 0.15) is 0 Å². The lowest BCUT2D eigenvalue weighted by atomic mass is 10.0. The summed E-state index contributed by atoms with van der Waals surface area (Å²) in [5, 5.41) is 3.54. The van der Waals surface area contributed by atoms with Crippen LogP contribution >= 0.6 is 0 Å². The molecule has 1 heterocycles. The fraction of sp³-hybridized carbons (Fsp3) is 0.923. The number of nitrogens with zero attached hydrogens (tertiary/aromatic N) is 2. The number of piperidine rings is 1. The molecule has 1 aliphatic heterocycles. The molecular weight excluding hydrogens is 214 g/mol. The lowest BCUT2D eigenvalue weighted by Gasteiger charge is -2.33. The van der Waals surface area contributed by atoms with Gasteiger partial charge in [0.25, 0.3) is 0 Å². The molecule has 0 bridgehead atoms. The van der Waals surface area contributed by atoms with E-state index in [0.717, 1.165) is 13.1 Å². The largest absolute Gasteiger partial charge is 0.348 e. The highest BCUT2D eigenvalue weighted by atomic mass is 16.2. The van der Waals surface area contributed by atoms with Crippen LogP contribution in [-0.2, 0) is 4.79 Å². The Morgan fingerprint density at radius 1 is 1.35 bits per heavy atom. The Labute approximate surface area is 105 Å². The molecule has 0 aliphatic carbocycles. The molecule has 17 heavy (non-hydrogen) atoms. The second-order valence-electron chi connectivity index (χ2n) is 5.46. The number of amides is 1. The molecule has 4 heteroatoms. The van der Waals surface area contributed by atoms with Gasteiger partial charge in [-0.3, -0.25) is 9.69 Å². The second kappa shape index (κ2) is 6.97. The summed E-state index contributed by atoms with van der Waals surface area (Å²) < 4.78 is 0. The first-order valence-electron chi connectivity index (χ1n) is 6.68. The van der Waals surface area contributed by atoms with Crippen molar-refractivity contribution in [3.05, 3.63) is 0 Å². The lowest BCUT2D eigenvalue weighted by molar-refractivity contribution is -0.130. The second-order valence-corrected chi connectivity index (χ2v) is 5.46. The Hall–Kier alpha value is -0.610. The van der Waals surface area contributed by atoms with Crippen molar-refractivity contribution in [2.24, 2.45) is 0 Å². The molecule has 0 aromatic carbocycles. The number of hydrogen-bond donors (Lipinski definition) is 1. The number of carbonyl (C=O) groups excluding carboxylic acids is 1. The molecule has 1 aliphatic rings. The zero-order valence-corrected chi connectivity index (χ0v) is 11.7. The standard InChI is InChI=1S/C13H27N3O/c1-11(2)16(10-13(17)15(3)4)9-12-7-5-6-8-14-12/h11-12,14H,5-10H2,1-4H3. The number of likely N-dealkylation sites (N-methyl/N-ethyl adjacent to an activating group) is 1. The summed E-state index contributed by atoms with van der Waals surface area (Å²) >= 11 is 0. The molecule has 0 radical (unpaired) electrons. The normalized spacial score (nSPS) is 20.9. The van der Waals surface area contributed by atoms with Crippen LogP contribution < -0.4 is 5.32 Å². The maximum atomic E-state index is 11.8. The molecule has 0 aromatic rings. The van der Waals surface area contributed by atoms with Gasteiger partial charge >= 0.3 is 0 Å². The maximum Gasteiger partial charge on any atom is 0.236 e. The van der Waals surface area contributed by atoms with Crippen LogP contribution in [0.25, 0.3) is 0 Å². The van der Waals surface area contributed by atoms with Crippen molar-refractivity contribution < 1.29 is 4.79 Å². The minimum absolute atomic E-state index is 0.189. The molecule has 4 nitrogen and oxygen atoms in total. The van der Waals surface area contributed by atoms with E-state index < -0.39 is 0 Å².